The van der Waals surface area contributed by atoms with Gasteiger partial charge in [0.1, 0.15) is 16.4 Å². The number of nitrogens with one attached hydrogen (secondary N) is 2. The second-order valence-electron chi connectivity index (χ2n) is 5.13. The van der Waals surface area contributed by atoms with Crippen LogP contribution < -0.4 is 16.4 Å². The first-order valence-electron chi connectivity index (χ1n) is 7.19. The molecule has 1 aromatic rings. The fraction of sp³-hybridized carbons (Fsp3) is 0.400. The second kappa shape index (κ2) is 6.97. The Balaban J connectivity index is 2.37. The molecule has 2 rings (SSSR count). The highest BCUT2D eigenvalue weighted by Crippen LogP contribution is 2.35. The summed E-state index contributed by atoms with van der Waals surface area (Å²) in [5, 5.41) is 6.48. The molecule has 1 aromatic heterocycles. The summed E-state index contributed by atoms with van der Waals surface area (Å²) in [6.45, 7) is 1.98. The summed E-state index contributed by atoms with van der Waals surface area (Å²) in [4.78, 5) is 19.9. The van der Waals surface area contributed by atoms with Crippen LogP contribution in [-0.4, -0.2) is 35.6 Å². The van der Waals surface area contributed by atoms with Crippen molar-refractivity contribution in [3.63, 3.8) is 0 Å². The van der Waals surface area contributed by atoms with Gasteiger partial charge >= 0.3 is 0 Å². The minimum absolute atomic E-state index is 0.385. The van der Waals surface area contributed by atoms with Gasteiger partial charge in [-0.25, -0.2) is 4.98 Å². The van der Waals surface area contributed by atoms with Gasteiger partial charge in [-0.05, 0) is 12.5 Å². The first-order chi connectivity index (χ1) is 11.0. The van der Waals surface area contributed by atoms with Crippen LogP contribution in [0, 0.1) is 0 Å². The highest BCUT2D eigenvalue weighted by Gasteiger charge is 2.37. The van der Waals surface area contributed by atoms with Crippen molar-refractivity contribution in [2.45, 2.75) is 25.4 Å². The number of nitrogens with zero attached hydrogens (tertiary/aromatic N) is 2. The smallest absolute Gasteiger partial charge is 0.244 e. The van der Waals surface area contributed by atoms with Crippen LogP contribution in [0.5, 0.6) is 0 Å². The van der Waals surface area contributed by atoms with E-state index in [2.05, 4.69) is 20.6 Å². The van der Waals surface area contributed by atoms with E-state index in [9.17, 15) is 4.79 Å². The number of nitrogens with two attached hydrogens (primary N) is 1. The van der Waals surface area contributed by atoms with Gasteiger partial charge in [-0.15, -0.1) is 0 Å². The molecule has 124 valence electrons. The summed E-state index contributed by atoms with van der Waals surface area (Å²) in [6.07, 6.45) is 6.01. The standard InChI is InChI=1S/C15H20ClN5O2/c1-4-15(23-3)7-9(12(17)22)5-6-11(15)20-14-19-8-10(16)13(18-2)21-14/h5-6,8H,4,7H2,1-3H3,(H2,17,22)(H2,18,19,20,21). The number of rotatable bonds is 6. The molecule has 0 spiro atoms. The quantitative estimate of drug-likeness (QED) is 0.734. The van der Waals surface area contributed by atoms with Crippen LogP contribution in [0.3, 0.4) is 0 Å². The van der Waals surface area contributed by atoms with Crippen molar-refractivity contribution in [2.75, 3.05) is 24.8 Å². The monoisotopic (exact) mass is 337 g/mol. The van der Waals surface area contributed by atoms with Crippen LogP contribution in [-0.2, 0) is 9.53 Å². The number of halogens is 1. The summed E-state index contributed by atoms with van der Waals surface area (Å²) in [6, 6.07) is 0. The van der Waals surface area contributed by atoms with E-state index in [1.807, 2.05) is 6.92 Å². The molecule has 1 unspecified atom stereocenters. The Morgan fingerprint density at radius 2 is 2.26 bits per heavy atom. The van der Waals surface area contributed by atoms with Gasteiger partial charge in [0.05, 0.1) is 11.9 Å². The van der Waals surface area contributed by atoms with E-state index in [1.165, 1.54) is 6.20 Å². The predicted molar refractivity (Wildman–Crippen MR) is 90.2 cm³/mol. The molecule has 0 radical (unpaired) electrons. The third kappa shape index (κ3) is 3.46. The van der Waals surface area contributed by atoms with Crippen LogP contribution >= 0.6 is 11.6 Å². The Bertz CT molecular complexity index is 668. The van der Waals surface area contributed by atoms with Crippen LogP contribution in [0.15, 0.2) is 29.6 Å². The fourth-order valence-electron chi connectivity index (χ4n) is 2.49. The molecule has 23 heavy (non-hydrogen) atoms. The number of hydrogen-bond acceptors (Lipinski definition) is 6. The van der Waals surface area contributed by atoms with Crippen molar-refractivity contribution in [2.24, 2.45) is 5.73 Å². The lowest BCUT2D eigenvalue weighted by Crippen LogP contribution is -2.40. The first-order valence-corrected chi connectivity index (χ1v) is 7.57. The zero-order valence-corrected chi connectivity index (χ0v) is 14.1. The molecular weight excluding hydrogens is 318 g/mol. The summed E-state index contributed by atoms with van der Waals surface area (Å²) in [7, 11) is 3.33. The third-order valence-corrected chi connectivity index (χ3v) is 4.20. The van der Waals surface area contributed by atoms with Crippen LogP contribution in [0.25, 0.3) is 0 Å². The second-order valence-corrected chi connectivity index (χ2v) is 5.54. The minimum atomic E-state index is -0.679. The maximum absolute atomic E-state index is 11.5. The van der Waals surface area contributed by atoms with Gasteiger partial charge in [0.25, 0.3) is 0 Å². The number of carbonyl (C=O) groups is 1. The molecule has 0 saturated heterocycles. The first kappa shape index (κ1) is 17.2. The molecule has 0 fully saturated rings. The number of hydrogen-bond donors (Lipinski definition) is 3. The van der Waals surface area contributed by atoms with Gasteiger partial charge in [-0.3, -0.25) is 4.79 Å². The highest BCUT2D eigenvalue weighted by molar-refractivity contribution is 6.32. The molecule has 1 aliphatic rings. The zero-order valence-electron chi connectivity index (χ0n) is 13.3. The van der Waals surface area contributed by atoms with E-state index in [0.717, 1.165) is 5.70 Å². The maximum Gasteiger partial charge on any atom is 0.244 e. The average molecular weight is 338 g/mol. The van der Waals surface area contributed by atoms with Gasteiger partial charge < -0.3 is 21.1 Å². The molecule has 7 nitrogen and oxygen atoms in total. The molecule has 8 heteroatoms. The molecule has 1 heterocycles. The Morgan fingerprint density at radius 1 is 1.52 bits per heavy atom. The van der Waals surface area contributed by atoms with Crippen molar-refractivity contribution in [1.29, 1.82) is 0 Å². The summed E-state index contributed by atoms with van der Waals surface area (Å²) < 4.78 is 5.70. The Hall–Kier alpha value is -2.12. The number of methoxy groups -OCH3 is 1. The summed E-state index contributed by atoms with van der Waals surface area (Å²) >= 11 is 5.99. The summed E-state index contributed by atoms with van der Waals surface area (Å²) in [5.74, 6) is 0.458. The van der Waals surface area contributed by atoms with E-state index >= 15 is 0 Å². The molecule has 0 aromatic carbocycles. The lowest BCUT2D eigenvalue weighted by molar-refractivity contribution is -0.115. The van der Waals surface area contributed by atoms with E-state index in [0.29, 0.717) is 35.2 Å². The molecule has 1 aliphatic carbocycles. The van der Waals surface area contributed by atoms with Gasteiger partial charge in [0.2, 0.25) is 11.9 Å². The average Bonchev–Trinajstić information content (AvgIpc) is 2.56. The Kier molecular flexibility index (Phi) is 5.23. The number of amides is 1. The largest absolute Gasteiger partial charge is 0.372 e. The lowest BCUT2D eigenvalue weighted by atomic mass is 9.84. The van der Waals surface area contributed by atoms with Crippen LogP contribution in [0.4, 0.5) is 11.8 Å². The number of allylic oxidation sites excluding steroid dienone is 2. The third-order valence-electron chi connectivity index (χ3n) is 3.92. The van der Waals surface area contributed by atoms with E-state index < -0.39 is 11.5 Å². The summed E-state index contributed by atoms with van der Waals surface area (Å²) in [5.41, 5.74) is 5.99. The van der Waals surface area contributed by atoms with Crippen molar-refractivity contribution in [1.82, 2.24) is 9.97 Å². The number of aromatic nitrogens is 2. The van der Waals surface area contributed by atoms with Crippen molar-refractivity contribution in [3.8, 4) is 0 Å². The molecule has 0 bridgehead atoms. The van der Waals surface area contributed by atoms with Gasteiger partial charge in [0, 0.05) is 26.2 Å². The fourth-order valence-corrected chi connectivity index (χ4v) is 2.67. The number of primary amides is 1. The number of carbonyl (C=O) groups excluding carboxylic acids is 1. The van der Waals surface area contributed by atoms with Gasteiger partial charge in [0.15, 0.2) is 0 Å². The van der Waals surface area contributed by atoms with Gasteiger partial charge in [-0.2, -0.15) is 4.98 Å². The van der Waals surface area contributed by atoms with Crippen molar-refractivity contribution < 1.29 is 9.53 Å². The Morgan fingerprint density at radius 3 is 2.83 bits per heavy atom. The SMILES string of the molecule is CCC1(OC)CC(C(N)=O)=CC=C1Nc1ncc(Cl)c(NC)n1. The molecule has 1 atom stereocenters. The number of anilines is 2. The van der Waals surface area contributed by atoms with Crippen LogP contribution in [0.1, 0.15) is 19.8 Å². The molecule has 0 aliphatic heterocycles. The minimum Gasteiger partial charge on any atom is -0.372 e. The number of ether oxygens (including phenoxy) is 1. The molecule has 4 N–H and O–H groups in total. The van der Waals surface area contributed by atoms with Crippen molar-refractivity contribution >= 4 is 29.3 Å². The van der Waals surface area contributed by atoms with E-state index in [4.69, 9.17) is 22.1 Å². The van der Waals surface area contributed by atoms with Crippen LogP contribution in [0.2, 0.25) is 5.02 Å². The maximum atomic E-state index is 11.5. The van der Waals surface area contributed by atoms with E-state index in [-0.39, 0.29) is 0 Å². The molecule has 1 amide bonds. The lowest BCUT2D eigenvalue weighted by Gasteiger charge is -2.36. The van der Waals surface area contributed by atoms with Gasteiger partial charge in [-0.1, -0.05) is 24.6 Å². The topological polar surface area (TPSA) is 102 Å². The predicted octanol–water partition coefficient (Wildman–Crippen LogP) is 2.08. The molecule has 0 saturated carbocycles. The molecular formula is C15H20ClN5O2. The van der Waals surface area contributed by atoms with E-state index in [1.54, 1.807) is 26.3 Å². The Labute approximate surface area is 140 Å². The normalized spacial score (nSPS) is 20.5. The highest BCUT2D eigenvalue weighted by atomic mass is 35.5. The zero-order chi connectivity index (χ0) is 17.0. The van der Waals surface area contributed by atoms with Crippen molar-refractivity contribution in [3.05, 3.63) is 34.6 Å².